The summed E-state index contributed by atoms with van der Waals surface area (Å²) in [4.78, 5) is 17.9. The van der Waals surface area contributed by atoms with E-state index >= 15 is 0 Å². The number of anilines is 1. The predicted octanol–water partition coefficient (Wildman–Crippen LogP) is 4.76. The first kappa shape index (κ1) is 18.9. The molecule has 2 aromatic carbocycles. The highest BCUT2D eigenvalue weighted by Crippen LogP contribution is 2.31. The Morgan fingerprint density at radius 2 is 1.74 bits per heavy atom. The maximum Gasteiger partial charge on any atom is 0.264 e. The van der Waals surface area contributed by atoms with E-state index in [9.17, 15) is 4.79 Å². The second-order valence-electron chi connectivity index (χ2n) is 6.21. The van der Waals surface area contributed by atoms with Gasteiger partial charge < -0.3 is 9.47 Å². The van der Waals surface area contributed by atoms with Crippen LogP contribution >= 0.6 is 11.3 Å². The van der Waals surface area contributed by atoms with Gasteiger partial charge in [-0.2, -0.15) is 0 Å². The molecular formula is C21H22N2O3S. The van der Waals surface area contributed by atoms with Crippen molar-refractivity contribution in [1.29, 1.82) is 0 Å². The fourth-order valence-electron chi connectivity index (χ4n) is 2.79. The standard InChI is InChI=1S/C21H22N2O3S/c1-13-6-5-7-14(2)20(13)26-12-18(24)22-21-23-19(15(3)27-21)16-8-10-17(25-4)11-9-16/h5-11H,12H2,1-4H3,(H,22,23,24). The number of para-hydroxylation sites is 1. The number of ether oxygens (including phenoxy) is 2. The molecule has 3 rings (SSSR count). The molecule has 1 heterocycles. The Hall–Kier alpha value is -2.86. The van der Waals surface area contributed by atoms with Crippen molar-refractivity contribution in [1.82, 2.24) is 4.98 Å². The number of benzene rings is 2. The van der Waals surface area contributed by atoms with Crippen molar-refractivity contribution in [2.45, 2.75) is 20.8 Å². The Morgan fingerprint density at radius 3 is 2.37 bits per heavy atom. The van der Waals surface area contributed by atoms with E-state index in [4.69, 9.17) is 9.47 Å². The average Bonchev–Trinajstić information content (AvgIpc) is 3.01. The van der Waals surface area contributed by atoms with E-state index in [1.165, 1.54) is 11.3 Å². The predicted molar refractivity (Wildman–Crippen MR) is 109 cm³/mol. The molecule has 6 heteroatoms. The minimum Gasteiger partial charge on any atom is -0.497 e. The molecule has 0 bridgehead atoms. The largest absolute Gasteiger partial charge is 0.497 e. The summed E-state index contributed by atoms with van der Waals surface area (Å²) in [5.41, 5.74) is 3.86. The van der Waals surface area contributed by atoms with Gasteiger partial charge in [0.1, 0.15) is 11.5 Å². The van der Waals surface area contributed by atoms with Gasteiger partial charge in [0.05, 0.1) is 12.8 Å². The number of aromatic nitrogens is 1. The van der Waals surface area contributed by atoms with E-state index < -0.39 is 0 Å². The molecule has 0 aliphatic heterocycles. The molecule has 1 aromatic heterocycles. The van der Waals surface area contributed by atoms with Crippen LogP contribution in [0, 0.1) is 20.8 Å². The lowest BCUT2D eigenvalue weighted by atomic mass is 10.1. The zero-order valence-electron chi connectivity index (χ0n) is 15.8. The van der Waals surface area contributed by atoms with Gasteiger partial charge in [-0.1, -0.05) is 18.2 Å². The molecule has 0 fully saturated rings. The summed E-state index contributed by atoms with van der Waals surface area (Å²) >= 11 is 1.45. The Balaban J connectivity index is 1.66. The zero-order valence-corrected chi connectivity index (χ0v) is 16.6. The molecule has 1 N–H and O–H groups in total. The summed E-state index contributed by atoms with van der Waals surface area (Å²) in [7, 11) is 1.64. The van der Waals surface area contributed by atoms with Gasteiger partial charge in [-0.25, -0.2) is 4.98 Å². The van der Waals surface area contributed by atoms with Crippen molar-refractivity contribution in [2.75, 3.05) is 19.0 Å². The number of aryl methyl sites for hydroxylation is 3. The lowest BCUT2D eigenvalue weighted by Crippen LogP contribution is -2.20. The van der Waals surface area contributed by atoms with Crippen LogP contribution in [0.1, 0.15) is 16.0 Å². The van der Waals surface area contributed by atoms with E-state index in [0.29, 0.717) is 5.13 Å². The first-order chi connectivity index (χ1) is 13.0. The monoisotopic (exact) mass is 382 g/mol. The summed E-state index contributed by atoms with van der Waals surface area (Å²) in [5.74, 6) is 1.32. The molecule has 0 aliphatic rings. The third-order valence-electron chi connectivity index (χ3n) is 4.16. The topological polar surface area (TPSA) is 60.5 Å². The summed E-state index contributed by atoms with van der Waals surface area (Å²) in [6.45, 7) is 5.86. The molecule has 0 saturated carbocycles. The molecule has 3 aromatic rings. The number of hydrogen-bond acceptors (Lipinski definition) is 5. The quantitative estimate of drug-likeness (QED) is 0.668. The van der Waals surface area contributed by atoms with Gasteiger partial charge in [0, 0.05) is 10.4 Å². The lowest BCUT2D eigenvalue weighted by Gasteiger charge is -2.11. The number of hydrogen-bond donors (Lipinski definition) is 1. The van der Waals surface area contributed by atoms with Crippen molar-refractivity contribution in [2.24, 2.45) is 0 Å². The Kier molecular flexibility index (Phi) is 5.76. The van der Waals surface area contributed by atoms with Crippen LogP contribution in [-0.2, 0) is 4.79 Å². The summed E-state index contributed by atoms with van der Waals surface area (Å²) in [5, 5.41) is 3.39. The maximum absolute atomic E-state index is 12.3. The molecule has 0 saturated heterocycles. The van der Waals surface area contributed by atoms with Crippen molar-refractivity contribution < 1.29 is 14.3 Å². The highest BCUT2D eigenvalue weighted by Gasteiger charge is 2.13. The zero-order chi connectivity index (χ0) is 19.4. The number of thiazole rings is 1. The molecule has 0 atom stereocenters. The number of amides is 1. The number of nitrogens with one attached hydrogen (secondary N) is 1. The van der Waals surface area contributed by atoms with E-state index in [-0.39, 0.29) is 12.5 Å². The number of carbonyl (C=O) groups excluding carboxylic acids is 1. The number of rotatable bonds is 6. The molecule has 27 heavy (non-hydrogen) atoms. The van der Waals surface area contributed by atoms with Crippen molar-refractivity contribution >= 4 is 22.4 Å². The van der Waals surface area contributed by atoms with Gasteiger partial charge in [0.15, 0.2) is 11.7 Å². The van der Waals surface area contributed by atoms with Crippen LogP contribution in [0.15, 0.2) is 42.5 Å². The Morgan fingerprint density at radius 1 is 1.07 bits per heavy atom. The maximum atomic E-state index is 12.3. The number of methoxy groups -OCH3 is 1. The smallest absolute Gasteiger partial charge is 0.264 e. The van der Waals surface area contributed by atoms with E-state index in [1.807, 2.05) is 63.2 Å². The van der Waals surface area contributed by atoms with Crippen molar-refractivity contribution in [3.63, 3.8) is 0 Å². The SMILES string of the molecule is COc1ccc(-c2nc(NC(=O)COc3c(C)cccc3C)sc2C)cc1. The highest BCUT2D eigenvalue weighted by molar-refractivity contribution is 7.16. The Labute approximate surface area is 163 Å². The normalized spacial score (nSPS) is 10.5. The Bertz CT molecular complexity index is 928. The van der Waals surface area contributed by atoms with Crippen molar-refractivity contribution in [3.05, 3.63) is 58.5 Å². The first-order valence-electron chi connectivity index (χ1n) is 8.58. The highest BCUT2D eigenvalue weighted by atomic mass is 32.1. The van der Waals surface area contributed by atoms with Crippen LogP contribution in [0.25, 0.3) is 11.3 Å². The average molecular weight is 382 g/mol. The second kappa shape index (κ2) is 8.22. The fourth-order valence-corrected chi connectivity index (χ4v) is 3.64. The number of carbonyl (C=O) groups is 1. The fraction of sp³-hybridized carbons (Fsp3) is 0.238. The van der Waals surface area contributed by atoms with Crippen LogP contribution < -0.4 is 14.8 Å². The van der Waals surface area contributed by atoms with Crippen LogP contribution in [0.2, 0.25) is 0 Å². The van der Waals surface area contributed by atoms with Gasteiger partial charge in [-0.15, -0.1) is 11.3 Å². The molecule has 140 valence electrons. The van der Waals surface area contributed by atoms with Crippen LogP contribution in [0.3, 0.4) is 0 Å². The lowest BCUT2D eigenvalue weighted by molar-refractivity contribution is -0.118. The van der Waals surface area contributed by atoms with Gasteiger partial charge >= 0.3 is 0 Å². The molecule has 5 nitrogen and oxygen atoms in total. The van der Waals surface area contributed by atoms with Gasteiger partial charge in [0.2, 0.25) is 0 Å². The molecular weight excluding hydrogens is 360 g/mol. The third-order valence-corrected chi connectivity index (χ3v) is 5.05. The minimum absolute atomic E-state index is 0.0534. The van der Waals surface area contributed by atoms with Crippen LogP contribution in [-0.4, -0.2) is 24.6 Å². The van der Waals surface area contributed by atoms with Gasteiger partial charge in [-0.05, 0) is 56.2 Å². The number of nitrogens with zero attached hydrogens (tertiary/aromatic N) is 1. The summed E-state index contributed by atoms with van der Waals surface area (Å²) in [6, 6.07) is 13.6. The molecule has 0 radical (unpaired) electrons. The molecule has 0 unspecified atom stereocenters. The third kappa shape index (κ3) is 4.46. The summed E-state index contributed by atoms with van der Waals surface area (Å²) in [6.07, 6.45) is 0. The first-order valence-corrected chi connectivity index (χ1v) is 9.40. The van der Waals surface area contributed by atoms with E-state index in [2.05, 4.69) is 10.3 Å². The molecule has 0 aliphatic carbocycles. The van der Waals surface area contributed by atoms with Crippen molar-refractivity contribution in [3.8, 4) is 22.8 Å². The summed E-state index contributed by atoms with van der Waals surface area (Å²) < 4.78 is 10.9. The van der Waals surface area contributed by atoms with E-state index in [0.717, 1.165) is 38.8 Å². The van der Waals surface area contributed by atoms with Crippen LogP contribution in [0.5, 0.6) is 11.5 Å². The molecule has 1 amide bonds. The van der Waals surface area contributed by atoms with Gasteiger partial charge in [-0.3, -0.25) is 10.1 Å². The second-order valence-corrected chi connectivity index (χ2v) is 7.41. The van der Waals surface area contributed by atoms with Gasteiger partial charge in [0.25, 0.3) is 5.91 Å². The van der Waals surface area contributed by atoms with E-state index in [1.54, 1.807) is 7.11 Å². The minimum atomic E-state index is -0.229. The van der Waals surface area contributed by atoms with Crippen LogP contribution in [0.4, 0.5) is 5.13 Å². The molecule has 0 spiro atoms.